The van der Waals surface area contributed by atoms with Gasteiger partial charge in [-0.1, -0.05) is 20.8 Å². The molecule has 1 N–H and O–H groups in total. The van der Waals surface area contributed by atoms with Crippen LogP contribution in [-0.4, -0.2) is 37.2 Å². The Morgan fingerprint density at radius 1 is 1.47 bits per heavy atom. The van der Waals surface area contributed by atoms with Gasteiger partial charge < -0.3 is 10.1 Å². The Balaban J connectivity index is 3.89. The highest BCUT2D eigenvalue weighted by Crippen LogP contribution is 2.06. The minimum atomic E-state index is -0.146. The van der Waals surface area contributed by atoms with Crippen LogP contribution in [0.1, 0.15) is 27.2 Å². The summed E-state index contributed by atoms with van der Waals surface area (Å²) in [6, 6.07) is -0.142. The minimum absolute atomic E-state index is 0.142. The minimum Gasteiger partial charge on any atom is -0.468 e. The smallest absolute Gasteiger partial charge is 0.322 e. The first kappa shape index (κ1) is 14.8. The third kappa shape index (κ3) is 7.68. The van der Waals surface area contributed by atoms with Crippen LogP contribution < -0.4 is 5.32 Å². The van der Waals surface area contributed by atoms with Gasteiger partial charge in [-0.2, -0.15) is 11.8 Å². The zero-order valence-electron chi connectivity index (χ0n) is 10.2. The summed E-state index contributed by atoms with van der Waals surface area (Å²) in [5, 5.41) is 3.24. The standard InChI is InChI=1S/C11H23NO2S/c1-5-15-7-6-10(11(13)14-4)12-8-9(2)3/h9-10,12H,5-8H2,1-4H3. The molecule has 0 aromatic rings. The highest BCUT2D eigenvalue weighted by atomic mass is 32.2. The molecule has 0 rings (SSSR count). The largest absolute Gasteiger partial charge is 0.468 e. The van der Waals surface area contributed by atoms with Crippen LogP contribution in [0.25, 0.3) is 0 Å². The van der Waals surface area contributed by atoms with Crippen molar-refractivity contribution in [3.8, 4) is 0 Å². The van der Waals surface area contributed by atoms with Crippen LogP contribution in [0.5, 0.6) is 0 Å². The van der Waals surface area contributed by atoms with E-state index in [2.05, 4.69) is 26.1 Å². The quantitative estimate of drug-likeness (QED) is 0.513. The lowest BCUT2D eigenvalue weighted by atomic mass is 10.2. The molecule has 0 aromatic heterocycles. The molecule has 15 heavy (non-hydrogen) atoms. The van der Waals surface area contributed by atoms with Crippen LogP contribution in [0.2, 0.25) is 0 Å². The van der Waals surface area contributed by atoms with E-state index < -0.39 is 0 Å². The van der Waals surface area contributed by atoms with E-state index in [4.69, 9.17) is 4.74 Å². The van der Waals surface area contributed by atoms with Crippen molar-refractivity contribution in [1.29, 1.82) is 0 Å². The molecule has 0 radical (unpaired) electrons. The maximum absolute atomic E-state index is 11.4. The van der Waals surface area contributed by atoms with Gasteiger partial charge in [0.2, 0.25) is 0 Å². The molecular weight excluding hydrogens is 210 g/mol. The Kier molecular flexibility index (Phi) is 8.91. The molecule has 0 aliphatic carbocycles. The number of nitrogens with one attached hydrogen (secondary N) is 1. The molecule has 0 heterocycles. The van der Waals surface area contributed by atoms with Crippen molar-refractivity contribution in [2.75, 3.05) is 25.2 Å². The molecule has 4 heteroatoms. The third-order valence-corrected chi connectivity index (χ3v) is 2.95. The molecule has 1 atom stereocenters. The summed E-state index contributed by atoms with van der Waals surface area (Å²) in [5.41, 5.74) is 0. The van der Waals surface area contributed by atoms with Gasteiger partial charge in [0.25, 0.3) is 0 Å². The van der Waals surface area contributed by atoms with Gasteiger partial charge in [0.15, 0.2) is 0 Å². The normalized spacial score (nSPS) is 12.9. The Labute approximate surface area is 97.3 Å². The fourth-order valence-corrected chi connectivity index (χ4v) is 1.86. The van der Waals surface area contributed by atoms with Gasteiger partial charge in [-0.05, 0) is 30.4 Å². The molecule has 0 spiro atoms. The summed E-state index contributed by atoms with van der Waals surface area (Å²) in [4.78, 5) is 11.4. The van der Waals surface area contributed by atoms with Gasteiger partial charge in [0.05, 0.1) is 7.11 Å². The topological polar surface area (TPSA) is 38.3 Å². The van der Waals surface area contributed by atoms with E-state index in [1.54, 1.807) is 0 Å². The Morgan fingerprint density at radius 2 is 2.13 bits per heavy atom. The number of hydrogen-bond donors (Lipinski definition) is 1. The number of esters is 1. The molecule has 0 amide bonds. The average Bonchev–Trinajstić information content (AvgIpc) is 2.21. The zero-order valence-corrected chi connectivity index (χ0v) is 11.0. The van der Waals surface area contributed by atoms with E-state index in [1.807, 2.05) is 11.8 Å². The van der Waals surface area contributed by atoms with Crippen LogP contribution >= 0.6 is 11.8 Å². The molecule has 0 aliphatic rings. The molecule has 1 unspecified atom stereocenters. The summed E-state index contributed by atoms with van der Waals surface area (Å²) < 4.78 is 4.76. The number of thioether (sulfide) groups is 1. The predicted molar refractivity (Wildman–Crippen MR) is 66.3 cm³/mol. The lowest BCUT2D eigenvalue weighted by Gasteiger charge is -2.17. The van der Waals surface area contributed by atoms with Crippen molar-refractivity contribution in [1.82, 2.24) is 5.32 Å². The fourth-order valence-electron chi connectivity index (χ4n) is 1.17. The van der Waals surface area contributed by atoms with Crippen molar-refractivity contribution in [2.45, 2.75) is 33.2 Å². The number of methoxy groups -OCH3 is 1. The highest BCUT2D eigenvalue weighted by Gasteiger charge is 2.17. The third-order valence-electron chi connectivity index (χ3n) is 2.01. The van der Waals surface area contributed by atoms with Crippen LogP contribution in [0.4, 0.5) is 0 Å². The van der Waals surface area contributed by atoms with E-state index in [9.17, 15) is 4.79 Å². The SMILES string of the molecule is CCSCCC(NCC(C)C)C(=O)OC. The van der Waals surface area contributed by atoms with Crippen molar-refractivity contribution >= 4 is 17.7 Å². The van der Waals surface area contributed by atoms with Crippen LogP contribution in [0.15, 0.2) is 0 Å². The van der Waals surface area contributed by atoms with Gasteiger partial charge in [0, 0.05) is 0 Å². The van der Waals surface area contributed by atoms with Gasteiger partial charge in [-0.15, -0.1) is 0 Å². The van der Waals surface area contributed by atoms with Gasteiger partial charge >= 0.3 is 5.97 Å². The molecule has 3 nitrogen and oxygen atoms in total. The van der Waals surface area contributed by atoms with E-state index in [0.29, 0.717) is 5.92 Å². The second kappa shape index (κ2) is 9.04. The van der Waals surface area contributed by atoms with E-state index in [-0.39, 0.29) is 12.0 Å². The van der Waals surface area contributed by atoms with E-state index in [1.165, 1.54) is 7.11 Å². The van der Waals surface area contributed by atoms with Crippen molar-refractivity contribution in [3.63, 3.8) is 0 Å². The number of hydrogen-bond acceptors (Lipinski definition) is 4. The maximum Gasteiger partial charge on any atom is 0.322 e. The summed E-state index contributed by atoms with van der Waals surface area (Å²) in [6.07, 6.45) is 0.845. The lowest BCUT2D eigenvalue weighted by molar-refractivity contribution is -0.143. The molecule has 0 aromatic carbocycles. The van der Waals surface area contributed by atoms with Crippen LogP contribution in [-0.2, 0) is 9.53 Å². The van der Waals surface area contributed by atoms with Gasteiger partial charge in [-0.25, -0.2) is 0 Å². The zero-order chi connectivity index (χ0) is 11.7. The molecule has 0 saturated heterocycles. The number of rotatable bonds is 8. The second-order valence-corrected chi connectivity index (χ2v) is 5.26. The molecule has 90 valence electrons. The first-order valence-electron chi connectivity index (χ1n) is 5.50. The molecule has 0 aliphatic heterocycles. The van der Waals surface area contributed by atoms with Crippen molar-refractivity contribution < 1.29 is 9.53 Å². The second-order valence-electron chi connectivity index (χ2n) is 3.86. The maximum atomic E-state index is 11.4. The van der Waals surface area contributed by atoms with E-state index >= 15 is 0 Å². The van der Waals surface area contributed by atoms with Crippen LogP contribution in [0, 0.1) is 5.92 Å². The van der Waals surface area contributed by atoms with E-state index in [0.717, 1.165) is 24.5 Å². The summed E-state index contributed by atoms with van der Waals surface area (Å²) in [7, 11) is 1.44. The van der Waals surface area contributed by atoms with Gasteiger partial charge in [0.1, 0.15) is 6.04 Å². The first-order chi connectivity index (χ1) is 7.11. The molecule has 0 fully saturated rings. The lowest BCUT2D eigenvalue weighted by Crippen LogP contribution is -2.40. The predicted octanol–water partition coefficient (Wildman–Crippen LogP) is 1.92. The van der Waals surface area contributed by atoms with Crippen molar-refractivity contribution in [2.24, 2.45) is 5.92 Å². The van der Waals surface area contributed by atoms with Gasteiger partial charge in [-0.3, -0.25) is 4.79 Å². The van der Waals surface area contributed by atoms with Crippen molar-refractivity contribution in [3.05, 3.63) is 0 Å². The Bertz CT molecular complexity index is 174. The average molecular weight is 233 g/mol. The Morgan fingerprint density at radius 3 is 2.60 bits per heavy atom. The number of ether oxygens (including phenoxy) is 1. The Hall–Kier alpha value is -0.220. The number of carbonyl (C=O) groups is 1. The molecule has 0 saturated carbocycles. The molecule has 0 bridgehead atoms. The highest BCUT2D eigenvalue weighted by molar-refractivity contribution is 7.99. The summed E-state index contributed by atoms with van der Waals surface area (Å²) >= 11 is 1.85. The molecular formula is C11H23NO2S. The number of carbonyl (C=O) groups excluding carboxylic acids is 1. The summed E-state index contributed by atoms with van der Waals surface area (Å²) in [5.74, 6) is 2.50. The first-order valence-corrected chi connectivity index (χ1v) is 6.66. The summed E-state index contributed by atoms with van der Waals surface area (Å²) in [6.45, 7) is 7.24. The fraction of sp³-hybridized carbons (Fsp3) is 0.909. The monoisotopic (exact) mass is 233 g/mol. The van der Waals surface area contributed by atoms with Crippen LogP contribution in [0.3, 0.4) is 0 Å².